The highest BCUT2D eigenvalue weighted by Crippen LogP contribution is 2.36. The van der Waals surface area contributed by atoms with Gasteiger partial charge in [-0.05, 0) is 31.4 Å². The average molecular weight is 177 g/mol. The molecule has 1 fully saturated rings. The highest BCUT2D eigenvalue weighted by molar-refractivity contribution is 5.23. The third-order valence-corrected chi connectivity index (χ3v) is 2.67. The highest BCUT2D eigenvalue weighted by Gasteiger charge is 2.41. The first-order valence-corrected chi connectivity index (χ1v) is 4.58. The SMILES string of the molecule is Cc1ccc(C2(N)CC(N)C2)nc1. The van der Waals surface area contributed by atoms with Crippen LogP contribution in [-0.2, 0) is 5.54 Å². The standard InChI is InChI=1S/C10H15N3/c1-7-2-3-9(13-6-7)10(12)4-8(11)5-10/h2-3,6,8H,4-5,11-12H2,1H3. The van der Waals surface area contributed by atoms with Crippen LogP contribution >= 0.6 is 0 Å². The smallest absolute Gasteiger partial charge is 0.0613 e. The summed E-state index contributed by atoms with van der Waals surface area (Å²) in [4.78, 5) is 4.33. The van der Waals surface area contributed by atoms with Crippen molar-refractivity contribution in [2.75, 3.05) is 0 Å². The molecule has 3 nitrogen and oxygen atoms in total. The Kier molecular flexibility index (Phi) is 1.86. The average Bonchev–Trinajstić information content (AvgIpc) is 2.03. The molecule has 13 heavy (non-hydrogen) atoms. The molecule has 0 spiro atoms. The molecule has 1 heterocycles. The zero-order valence-electron chi connectivity index (χ0n) is 7.83. The van der Waals surface area contributed by atoms with Gasteiger partial charge in [-0.15, -0.1) is 0 Å². The lowest BCUT2D eigenvalue weighted by Crippen LogP contribution is -2.55. The zero-order valence-corrected chi connectivity index (χ0v) is 7.83. The Labute approximate surface area is 78.1 Å². The Balaban J connectivity index is 2.22. The summed E-state index contributed by atoms with van der Waals surface area (Å²) in [5.41, 5.74) is 13.7. The van der Waals surface area contributed by atoms with Crippen molar-refractivity contribution in [2.24, 2.45) is 11.5 Å². The second kappa shape index (κ2) is 2.79. The summed E-state index contributed by atoms with van der Waals surface area (Å²) >= 11 is 0. The van der Waals surface area contributed by atoms with Crippen molar-refractivity contribution in [2.45, 2.75) is 31.3 Å². The van der Waals surface area contributed by atoms with E-state index in [4.69, 9.17) is 11.5 Å². The van der Waals surface area contributed by atoms with Crippen molar-refractivity contribution in [1.29, 1.82) is 0 Å². The van der Waals surface area contributed by atoms with E-state index in [2.05, 4.69) is 4.98 Å². The van der Waals surface area contributed by atoms with Gasteiger partial charge in [0.2, 0.25) is 0 Å². The van der Waals surface area contributed by atoms with E-state index >= 15 is 0 Å². The third kappa shape index (κ3) is 1.45. The first-order chi connectivity index (χ1) is 6.10. The normalized spacial score (nSPS) is 32.7. The van der Waals surface area contributed by atoms with Crippen LogP contribution in [0.3, 0.4) is 0 Å². The summed E-state index contributed by atoms with van der Waals surface area (Å²) in [6.07, 6.45) is 3.56. The van der Waals surface area contributed by atoms with Gasteiger partial charge in [0.05, 0.1) is 11.2 Å². The number of hydrogen-bond acceptors (Lipinski definition) is 3. The van der Waals surface area contributed by atoms with Gasteiger partial charge < -0.3 is 11.5 Å². The van der Waals surface area contributed by atoms with Gasteiger partial charge in [0, 0.05) is 12.2 Å². The summed E-state index contributed by atoms with van der Waals surface area (Å²) in [7, 11) is 0. The minimum atomic E-state index is -0.257. The molecule has 1 aliphatic rings. The number of aryl methyl sites for hydroxylation is 1. The molecule has 0 aliphatic heterocycles. The molecule has 2 rings (SSSR count). The molecule has 0 atom stereocenters. The number of pyridine rings is 1. The van der Waals surface area contributed by atoms with Crippen LogP contribution in [0, 0.1) is 6.92 Å². The Bertz CT molecular complexity index is 298. The zero-order chi connectivity index (χ0) is 9.47. The molecular formula is C10H15N3. The first kappa shape index (κ1) is 8.66. The Morgan fingerprint density at radius 2 is 2.15 bits per heavy atom. The third-order valence-electron chi connectivity index (χ3n) is 2.67. The van der Waals surface area contributed by atoms with Crippen LogP contribution in [0.2, 0.25) is 0 Å². The maximum absolute atomic E-state index is 6.12. The minimum Gasteiger partial charge on any atom is -0.328 e. The lowest BCUT2D eigenvalue weighted by Gasteiger charge is -2.42. The van der Waals surface area contributed by atoms with E-state index in [1.54, 1.807) is 0 Å². The molecule has 3 heteroatoms. The quantitative estimate of drug-likeness (QED) is 0.662. The van der Waals surface area contributed by atoms with E-state index < -0.39 is 0 Å². The number of hydrogen-bond donors (Lipinski definition) is 2. The number of rotatable bonds is 1. The molecule has 1 aliphatic carbocycles. The van der Waals surface area contributed by atoms with E-state index in [1.807, 2.05) is 25.3 Å². The van der Waals surface area contributed by atoms with Crippen LogP contribution in [0.5, 0.6) is 0 Å². The van der Waals surface area contributed by atoms with Gasteiger partial charge in [0.25, 0.3) is 0 Å². The van der Waals surface area contributed by atoms with E-state index in [-0.39, 0.29) is 11.6 Å². The summed E-state index contributed by atoms with van der Waals surface area (Å²) in [5.74, 6) is 0. The van der Waals surface area contributed by atoms with E-state index in [0.29, 0.717) is 0 Å². The molecule has 1 aromatic rings. The van der Waals surface area contributed by atoms with E-state index in [0.717, 1.165) is 24.1 Å². The fraction of sp³-hybridized carbons (Fsp3) is 0.500. The monoisotopic (exact) mass is 177 g/mol. The molecule has 1 saturated carbocycles. The number of aromatic nitrogens is 1. The van der Waals surface area contributed by atoms with Crippen LogP contribution in [0.15, 0.2) is 18.3 Å². The van der Waals surface area contributed by atoms with Crippen molar-refractivity contribution in [3.05, 3.63) is 29.6 Å². The molecule has 0 saturated heterocycles. The van der Waals surface area contributed by atoms with Crippen molar-refractivity contribution in [3.8, 4) is 0 Å². The Morgan fingerprint density at radius 3 is 2.62 bits per heavy atom. The molecule has 70 valence electrons. The number of nitrogens with zero attached hydrogens (tertiary/aromatic N) is 1. The summed E-state index contributed by atoms with van der Waals surface area (Å²) in [6, 6.07) is 4.30. The van der Waals surface area contributed by atoms with Gasteiger partial charge in [-0.25, -0.2) is 0 Å². The van der Waals surface area contributed by atoms with Crippen LogP contribution in [0.1, 0.15) is 24.1 Å². The maximum atomic E-state index is 6.12. The molecule has 1 aromatic heterocycles. The summed E-state index contributed by atoms with van der Waals surface area (Å²) in [6.45, 7) is 2.02. The lowest BCUT2D eigenvalue weighted by atomic mass is 9.71. The first-order valence-electron chi connectivity index (χ1n) is 4.58. The molecule has 0 bridgehead atoms. The minimum absolute atomic E-state index is 0.257. The molecule has 0 radical (unpaired) electrons. The van der Waals surface area contributed by atoms with Gasteiger partial charge in [-0.2, -0.15) is 0 Å². The van der Waals surface area contributed by atoms with Crippen LogP contribution in [0.25, 0.3) is 0 Å². The Hall–Kier alpha value is -0.930. The summed E-state index contributed by atoms with van der Waals surface area (Å²) < 4.78 is 0. The van der Waals surface area contributed by atoms with Gasteiger partial charge in [0.15, 0.2) is 0 Å². The topological polar surface area (TPSA) is 64.9 Å². The second-order valence-electron chi connectivity index (χ2n) is 4.05. The van der Waals surface area contributed by atoms with E-state index in [1.165, 1.54) is 0 Å². The fourth-order valence-corrected chi connectivity index (χ4v) is 1.85. The van der Waals surface area contributed by atoms with Crippen molar-refractivity contribution >= 4 is 0 Å². The van der Waals surface area contributed by atoms with Gasteiger partial charge in [-0.1, -0.05) is 6.07 Å². The van der Waals surface area contributed by atoms with E-state index in [9.17, 15) is 0 Å². The van der Waals surface area contributed by atoms with Gasteiger partial charge in [0.1, 0.15) is 0 Å². The number of nitrogens with two attached hydrogens (primary N) is 2. The predicted octanol–water partition coefficient (Wildman–Crippen LogP) is 0.665. The van der Waals surface area contributed by atoms with Crippen molar-refractivity contribution < 1.29 is 0 Å². The molecular weight excluding hydrogens is 162 g/mol. The maximum Gasteiger partial charge on any atom is 0.0613 e. The Morgan fingerprint density at radius 1 is 1.46 bits per heavy atom. The van der Waals surface area contributed by atoms with Crippen LogP contribution in [0.4, 0.5) is 0 Å². The second-order valence-corrected chi connectivity index (χ2v) is 4.05. The van der Waals surface area contributed by atoms with Crippen LogP contribution in [-0.4, -0.2) is 11.0 Å². The lowest BCUT2D eigenvalue weighted by molar-refractivity contribution is 0.205. The fourth-order valence-electron chi connectivity index (χ4n) is 1.85. The van der Waals surface area contributed by atoms with Gasteiger partial charge in [-0.3, -0.25) is 4.98 Å². The molecule has 0 amide bonds. The summed E-state index contributed by atoms with van der Waals surface area (Å²) in [5, 5.41) is 0. The molecule has 0 unspecified atom stereocenters. The highest BCUT2D eigenvalue weighted by atomic mass is 14.9. The van der Waals surface area contributed by atoms with Crippen molar-refractivity contribution in [3.63, 3.8) is 0 Å². The molecule has 4 N–H and O–H groups in total. The molecule has 0 aromatic carbocycles. The predicted molar refractivity (Wildman–Crippen MR) is 52.0 cm³/mol. The van der Waals surface area contributed by atoms with Crippen LogP contribution < -0.4 is 11.5 Å². The van der Waals surface area contributed by atoms with Crippen molar-refractivity contribution in [1.82, 2.24) is 4.98 Å². The van der Waals surface area contributed by atoms with Gasteiger partial charge >= 0.3 is 0 Å². The largest absolute Gasteiger partial charge is 0.328 e.